The van der Waals surface area contributed by atoms with Crippen LogP contribution in [-0.4, -0.2) is 48.2 Å². The monoisotopic (exact) mass is 628 g/mol. The molecule has 1 amide bonds. The molecule has 0 saturated carbocycles. The van der Waals surface area contributed by atoms with E-state index in [0.29, 0.717) is 64.6 Å². The van der Waals surface area contributed by atoms with Crippen LogP contribution in [0.1, 0.15) is 56.8 Å². The Kier molecular flexibility index (Phi) is 8.42. The zero-order chi connectivity index (χ0) is 31.8. The summed E-state index contributed by atoms with van der Waals surface area (Å²) in [6, 6.07) is 15.2. The highest BCUT2D eigenvalue weighted by Gasteiger charge is 2.48. The molecule has 6 rings (SSSR count). The van der Waals surface area contributed by atoms with Crippen LogP contribution >= 0.6 is 11.3 Å². The number of hydrogen-bond donors (Lipinski definition) is 1. The highest BCUT2D eigenvalue weighted by Crippen LogP contribution is 2.46. The molecule has 1 aromatic heterocycles. The molecule has 0 spiro atoms. The first kappa shape index (κ1) is 30.5. The first-order chi connectivity index (χ1) is 21.7. The third kappa shape index (κ3) is 5.82. The van der Waals surface area contributed by atoms with E-state index < -0.39 is 17.7 Å². The molecule has 3 aromatic carbocycles. The predicted molar refractivity (Wildman–Crippen MR) is 174 cm³/mol. The molecule has 0 aliphatic carbocycles. The minimum atomic E-state index is -0.973. The lowest BCUT2D eigenvalue weighted by molar-refractivity contribution is -0.132. The highest BCUT2D eigenvalue weighted by molar-refractivity contribution is 7.22. The van der Waals surface area contributed by atoms with Crippen molar-refractivity contribution in [2.75, 3.05) is 25.2 Å². The fourth-order valence-electron chi connectivity index (χ4n) is 5.70. The standard InChI is InChI=1S/C35H36N2O7S/c1-6-42-24-9-10-25-29(18-24)45-35(36-25)37-31(21-7-12-27(28(17-21)41-5)43-14-13-19(2)3)30(33(39)34(37)40)32(38)22-8-11-26-23(16-22)15-20(4)44-26/h7-12,16-20,31,38H,6,13-15H2,1-5H3/b32-30+/t20-,31-/m0/s1. The fraction of sp³-hybridized carbons (Fsp3) is 0.343. The van der Waals surface area contributed by atoms with Gasteiger partial charge in [0.2, 0.25) is 0 Å². The molecule has 0 unspecified atom stereocenters. The van der Waals surface area contributed by atoms with Crippen molar-refractivity contribution in [1.29, 1.82) is 0 Å². The molecule has 0 radical (unpaired) electrons. The smallest absolute Gasteiger partial charge is 0.301 e. The van der Waals surface area contributed by atoms with Gasteiger partial charge in [0.1, 0.15) is 23.4 Å². The van der Waals surface area contributed by atoms with Crippen LogP contribution in [0.2, 0.25) is 0 Å². The number of anilines is 1. The Morgan fingerprint density at radius 3 is 2.67 bits per heavy atom. The zero-order valence-electron chi connectivity index (χ0n) is 26.0. The van der Waals surface area contributed by atoms with Crippen molar-refractivity contribution in [3.05, 3.63) is 76.9 Å². The maximum Gasteiger partial charge on any atom is 0.301 e. The molecule has 45 heavy (non-hydrogen) atoms. The Morgan fingerprint density at radius 1 is 1.09 bits per heavy atom. The molecule has 3 heterocycles. The quantitative estimate of drug-likeness (QED) is 0.113. The van der Waals surface area contributed by atoms with E-state index in [4.69, 9.17) is 23.9 Å². The van der Waals surface area contributed by atoms with E-state index in [-0.39, 0.29) is 17.4 Å². The number of hydrogen-bond acceptors (Lipinski definition) is 9. The molecule has 2 atom stereocenters. The van der Waals surface area contributed by atoms with Crippen LogP contribution in [0.15, 0.2) is 60.2 Å². The molecule has 1 N–H and O–H groups in total. The third-order valence-corrected chi connectivity index (χ3v) is 8.95. The van der Waals surface area contributed by atoms with E-state index in [1.165, 1.54) is 16.2 Å². The molecule has 9 nitrogen and oxygen atoms in total. The van der Waals surface area contributed by atoms with E-state index in [1.54, 1.807) is 37.4 Å². The average Bonchev–Trinajstić information content (AvgIpc) is 3.68. The molecular weight excluding hydrogens is 592 g/mol. The summed E-state index contributed by atoms with van der Waals surface area (Å²) in [6.45, 7) is 9.16. The second kappa shape index (κ2) is 12.4. The summed E-state index contributed by atoms with van der Waals surface area (Å²) in [5.41, 5.74) is 2.56. The van der Waals surface area contributed by atoms with E-state index in [0.717, 1.165) is 22.4 Å². The van der Waals surface area contributed by atoms with Crippen LogP contribution in [0.5, 0.6) is 23.0 Å². The minimum Gasteiger partial charge on any atom is -0.507 e. The Labute approximate surface area is 266 Å². The summed E-state index contributed by atoms with van der Waals surface area (Å²) in [6.07, 6.45) is 1.57. The van der Waals surface area contributed by atoms with Crippen molar-refractivity contribution in [2.24, 2.45) is 5.92 Å². The van der Waals surface area contributed by atoms with E-state index >= 15 is 0 Å². The van der Waals surface area contributed by atoms with Crippen molar-refractivity contribution < 1.29 is 33.6 Å². The van der Waals surface area contributed by atoms with E-state index in [1.807, 2.05) is 38.1 Å². The van der Waals surface area contributed by atoms with Crippen molar-refractivity contribution in [3.63, 3.8) is 0 Å². The number of Topliss-reactive ketones (excluding diaryl/α,β-unsaturated/α-hetero) is 1. The lowest BCUT2D eigenvalue weighted by Gasteiger charge is -2.24. The van der Waals surface area contributed by atoms with Gasteiger partial charge in [-0.25, -0.2) is 4.98 Å². The van der Waals surface area contributed by atoms with Crippen LogP contribution in [0, 0.1) is 5.92 Å². The van der Waals surface area contributed by atoms with Gasteiger partial charge >= 0.3 is 5.91 Å². The van der Waals surface area contributed by atoms with Gasteiger partial charge in [0, 0.05) is 12.0 Å². The van der Waals surface area contributed by atoms with Gasteiger partial charge in [-0.3, -0.25) is 14.5 Å². The number of ether oxygens (including phenoxy) is 4. The zero-order valence-corrected chi connectivity index (χ0v) is 26.8. The number of aromatic nitrogens is 1. The molecular formula is C35H36N2O7S. The molecule has 10 heteroatoms. The van der Waals surface area contributed by atoms with Gasteiger partial charge in [0.15, 0.2) is 16.6 Å². The maximum atomic E-state index is 13.8. The van der Waals surface area contributed by atoms with E-state index in [9.17, 15) is 14.7 Å². The number of ketones is 1. The fourth-order valence-corrected chi connectivity index (χ4v) is 6.72. The molecule has 0 bridgehead atoms. The Morgan fingerprint density at radius 2 is 1.91 bits per heavy atom. The number of benzene rings is 3. The SMILES string of the molecule is CCOc1ccc2nc(N3C(=O)C(=O)/C(=C(/O)c4ccc5c(c4)C[C@H](C)O5)[C@@H]3c3ccc(OCCC(C)C)c(OC)c3)sc2c1. The van der Waals surface area contributed by atoms with Gasteiger partial charge in [-0.15, -0.1) is 0 Å². The van der Waals surface area contributed by atoms with Crippen molar-refractivity contribution >= 4 is 44.1 Å². The van der Waals surface area contributed by atoms with Gasteiger partial charge in [-0.05, 0) is 85.8 Å². The third-order valence-electron chi connectivity index (χ3n) is 7.94. The molecule has 234 valence electrons. The van der Waals surface area contributed by atoms with E-state index in [2.05, 4.69) is 13.8 Å². The summed E-state index contributed by atoms with van der Waals surface area (Å²) >= 11 is 1.28. The minimum absolute atomic E-state index is 0.0130. The van der Waals surface area contributed by atoms with Gasteiger partial charge in [-0.1, -0.05) is 31.3 Å². The topological polar surface area (TPSA) is 107 Å². The highest BCUT2D eigenvalue weighted by atomic mass is 32.1. The molecule has 1 saturated heterocycles. The summed E-state index contributed by atoms with van der Waals surface area (Å²) in [5, 5.41) is 12.1. The van der Waals surface area contributed by atoms with Crippen molar-refractivity contribution in [2.45, 2.75) is 52.7 Å². The van der Waals surface area contributed by atoms with Crippen molar-refractivity contribution in [3.8, 4) is 23.0 Å². The van der Waals surface area contributed by atoms with Crippen LogP contribution in [0.4, 0.5) is 5.13 Å². The number of fused-ring (bicyclic) bond motifs is 2. The molecule has 2 aliphatic heterocycles. The summed E-state index contributed by atoms with van der Waals surface area (Å²) in [5.74, 6) is 1.07. The van der Waals surface area contributed by atoms with Gasteiger partial charge < -0.3 is 24.1 Å². The molecule has 1 fully saturated rings. The number of aliphatic hydroxyl groups is 1. The molecule has 2 aliphatic rings. The van der Waals surface area contributed by atoms with Crippen LogP contribution in [0.3, 0.4) is 0 Å². The largest absolute Gasteiger partial charge is 0.507 e. The molecule has 4 aromatic rings. The number of amides is 1. The average molecular weight is 629 g/mol. The maximum absolute atomic E-state index is 13.8. The second-order valence-corrected chi connectivity index (χ2v) is 12.6. The van der Waals surface area contributed by atoms with Crippen LogP contribution in [-0.2, 0) is 16.0 Å². The van der Waals surface area contributed by atoms with Crippen LogP contribution < -0.4 is 23.8 Å². The first-order valence-corrected chi connectivity index (χ1v) is 15.9. The number of rotatable bonds is 10. The van der Waals surface area contributed by atoms with Crippen LogP contribution in [0.25, 0.3) is 16.0 Å². The predicted octanol–water partition coefficient (Wildman–Crippen LogP) is 7.08. The summed E-state index contributed by atoms with van der Waals surface area (Å²) in [7, 11) is 1.54. The summed E-state index contributed by atoms with van der Waals surface area (Å²) < 4.78 is 24.0. The number of thiazole rings is 1. The van der Waals surface area contributed by atoms with Gasteiger partial charge in [0.25, 0.3) is 5.78 Å². The number of methoxy groups -OCH3 is 1. The lowest BCUT2D eigenvalue weighted by atomic mass is 9.94. The first-order valence-electron chi connectivity index (χ1n) is 15.1. The number of carbonyl (C=O) groups excluding carboxylic acids is 2. The summed E-state index contributed by atoms with van der Waals surface area (Å²) in [4.78, 5) is 33.8. The lowest BCUT2D eigenvalue weighted by Crippen LogP contribution is -2.29. The van der Waals surface area contributed by atoms with Gasteiger partial charge in [-0.2, -0.15) is 0 Å². The van der Waals surface area contributed by atoms with Gasteiger partial charge in [0.05, 0.1) is 42.2 Å². The van der Waals surface area contributed by atoms with Crippen molar-refractivity contribution in [1.82, 2.24) is 4.98 Å². The second-order valence-electron chi connectivity index (χ2n) is 11.6. The Bertz CT molecular complexity index is 1810. The Balaban J connectivity index is 1.48. The number of nitrogens with zero attached hydrogens (tertiary/aromatic N) is 2. The number of carbonyl (C=O) groups is 2. The normalized spacial score (nSPS) is 18.8. The Hall–Kier alpha value is -4.57. The number of aliphatic hydroxyl groups excluding tert-OH is 1.